The second-order valence-corrected chi connectivity index (χ2v) is 6.04. The topological polar surface area (TPSA) is 85.6 Å². The van der Waals surface area contributed by atoms with E-state index in [1.807, 2.05) is 6.92 Å². The first-order valence-corrected chi connectivity index (χ1v) is 8.07. The van der Waals surface area contributed by atoms with Crippen LogP contribution in [0.2, 0.25) is 0 Å². The van der Waals surface area contributed by atoms with Crippen LogP contribution >= 0.6 is 0 Å². The third-order valence-corrected chi connectivity index (χ3v) is 3.73. The summed E-state index contributed by atoms with van der Waals surface area (Å²) in [6, 6.07) is 3.27. The molecule has 0 saturated heterocycles. The molecule has 3 aromatic rings. The fraction of sp³-hybridized carbons (Fsp3) is 0.353. The lowest BCUT2D eigenvalue weighted by molar-refractivity contribution is -0.114. The van der Waals surface area contributed by atoms with Crippen molar-refractivity contribution < 1.29 is 13.6 Å². The Morgan fingerprint density at radius 2 is 2.04 bits per heavy atom. The average molecular weight is 360 g/mol. The Balaban J connectivity index is 2.24. The summed E-state index contributed by atoms with van der Waals surface area (Å²) < 4.78 is 29.1. The highest BCUT2D eigenvalue weighted by Crippen LogP contribution is 2.31. The van der Waals surface area contributed by atoms with E-state index in [-0.39, 0.29) is 5.91 Å². The standard InChI is InChI=1S/C17H18F2N6O/c1-5-25-13-8-20-14(22-10(3)26)7-11(13)15(24-25)12-6-9(2)21-16(23-12)17(4,18)19/h6-8H,5H2,1-4H3,(H,20,22,26). The minimum atomic E-state index is -3.16. The SMILES string of the molecule is CCn1nc(-c2cc(C)nc(C(C)(F)F)n2)c2cc(NC(C)=O)ncc21. The number of aromatic nitrogens is 5. The van der Waals surface area contributed by atoms with Gasteiger partial charge in [0.25, 0.3) is 0 Å². The highest BCUT2D eigenvalue weighted by atomic mass is 19.3. The number of amides is 1. The first-order chi connectivity index (χ1) is 12.2. The summed E-state index contributed by atoms with van der Waals surface area (Å²) in [5.41, 5.74) is 1.87. The molecule has 0 saturated carbocycles. The Bertz CT molecular complexity index is 993. The van der Waals surface area contributed by atoms with Crippen LogP contribution in [0.25, 0.3) is 22.3 Å². The number of nitrogens with one attached hydrogen (secondary N) is 1. The summed E-state index contributed by atoms with van der Waals surface area (Å²) in [5.74, 6) is -3.61. The number of alkyl halides is 2. The molecule has 0 radical (unpaired) electrons. The van der Waals surface area contributed by atoms with Gasteiger partial charge >= 0.3 is 5.92 Å². The fourth-order valence-corrected chi connectivity index (χ4v) is 2.64. The molecule has 26 heavy (non-hydrogen) atoms. The van der Waals surface area contributed by atoms with Crippen molar-refractivity contribution in [2.75, 3.05) is 5.32 Å². The van der Waals surface area contributed by atoms with E-state index in [9.17, 15) is 13.6 Å². The molecule has 7 nitrogen and oxygen atoms in total. The Kier molecular flexibility index (Phi) is 4.39. The molecule has 0 aromatic carbocycles. The van der Waals surface area contributed by atoms with Gasteiger partial charge in [0.2, 0.25) is 5.91 Å². The van der Waals surface area contributed by atoms with Crippen molar-refractivity contribution in [3.8, 4) is 11.4 Å². The summed E-state index contributed by atoms with van der Waals surface area (Å²) in [6.45, 7) is 6.25. The number of carbonyl (C=O) groups is 1. The minimum absolute atomic E-state index is 0.257. The van der Waals surface area contributed by atoms with Crippen LogP contribution in [-0.4, -0.2) is 30.6 Å². The molecule has 1 amide bonds. The molecular weight excluding hydrogens is 342 g/mol. The highest BCUT2D eigenvalue weighted by Gasteiger charge is 2.29. The quantitative estimate of drug-likeness (QED) is 0.772. The molecule has 0 aliphatic rings. The number of aryl methyl sites for hydroxylation is 2. The van der Waals surface area contributed by atoms with Gasteiger partial charge < -0.3 is 5.32 Å². The maximum absolute atomic E-state index is 13.7. The van der Waals surface area contributed by atoms with Crippen molar-refractivity contribution >= 4 is 22.6 Å². The van der Waals surface area contributed by atoms with Crippen LogP contribution < -0.4 is 5.32 Å². The van der Waals surface area contributed by atoms with E-state index in [4.69, 9.17) is 0 Å². The van der Waals surface area contributed by atoms with Crippen molar-refractivity contribution in [3.05, 3.63) is 29.8 Å². The lowest BCUT2D eigenvalue weighted by Crippen LogP contribution is -2.14. The summed E-state index contributed by atoms with van der Waals surface area (Å²) >= 11 is 0. The lowest BCUT2D eigenvalue weighted by Gasteiger charge is -2.10. The number of hydrogen-bond donors (Lipinski definition) is 1. The van der Waals surface area contributed by atoms with Crippen molar-refractivity contribution in [1.29, 1.82) is 0 Å². The highest BCUT2D eigenvalue weighted by molar-refractivity contribution is 5.96. The predicted molar refractivity (Wildman–Crippen MR) is 92.8 cm³/mol. The van der Waals surface area contributed by atoms with Crippen LogP contribution in [0.3, 0.4) is 0 Å². The monoisotopic (exact) mass is 360 g/mol. The van der Waals surface area contributed by atoms with Gasteiger partial charge in [0.15, 0.2) is 5.82 Å². The Hall–Kier alpha value is -2.97. The van der Waals surface area contributed by atoms with Gasteiger partial charge in [-0.1, -0.05) is 0 Å². The van der Waals surface area contributed by atoms with Crippen molar-refractivity contribution in [1.82, 2.24) is 24.7 Å². The van der Waals surface area contributed by atoms with E-state index in [0.29, 0.717) is 34.8 Å². The van der Waals surface area contributed by atoms with E-state index in [0.717, 1.165) is 12.4 Å². The number of halogens is 2. The van der Waals surface area contributed by atoms with E-state index >= 15 is 0 Å². The van der Waals surface area contributed by atoms with Gasteiger partial charge in [-0.3, -0.25) is 9.48 Å². The van der Waals surface area contributed by atoms with Gasteiger partial charge in [0.05, 0.1) is 17.4 Å². The van der Waals surface area contributed by atoms with Gasteiger partial charge in [-0.05, 0) is 26.0 Å². The van der Waals surface area contributed by atoms with Crippen LogP contribution in [0.1, 0.15) is 32.3 Å². The van der Waals surface area contributed by atoms with Gasteiger partial charge in [-0.2, -0.15) is 13.9 Å². The molecule has 3 rings (SSSR count). The van der Waals surface area contributed by atoms with Crippen LogP contribution in [0.4, 0.5) is 14.6 Å². The smallest absolute Gasteiger partial charge is 0.303 e. The van der Waals surface area contributed by atoms with Crippen LogP contribution in [-0.2, 0) is 17.3 Å². The zero-order valence-corrected chi connectivity index (χ0v) is 14.8. The van der Waals surface area contributed by atoms with Gasteiger partial charge in [0.1, 0.15) is 11.5 Å². The molecule has 0 aliphatic carbocycles. The number of anilines is 1. The first kappa shape index (κ1) is 17.8. The van der Waals surface area contributed by atoms with Crippen molar-refractivity contribution in [2.45, 2.75) is 40.2 Å². The zero-order chi connectivity index (χ0) is 19.1. The van der Waals surface area contributed by atoms with E-state index in [2.05, 4.69) is 25.4 Å². The number of carbonyl (C=O) groups excluding carboxylic acids is 1. The van der Waals surface area contributed by atoms with Gasteiger partial charge in [-0.25, -0.2) is 15.0 Å². The molecule has 0 fully saturated rings. The van der Waals surface area contributed by atoms with Crippen LogP contribution in [0.5, 0.6) is 0 Å². The molecular formula is C17H18F2N6O. The number of fused-ring (bicyclic) bond motifs is 1. The molecule has 3 aromatic heterocycles. The van der Waals surface area contributed by atoms with Crippen molar-refractivity contribution in [2.24, 2.45) is 0 Å². The summed E-state index contributed by atoms with van der Waals surface area (Å²) in [7, 11) is 0. The maximum atomic E-state index is 13.7. The predicted octanol–water partition coefficient (Wildman–Crippen LogP) is 3.29. The lowest BCUT2D eigenvalue weighted by atomic mass is 10.1. The van der Waals surface area contributed by atoms with Crippen LogP contribution in [0.15, 0.2) is 18.3 Å². The van der Waals surface area contributed by atoms with Gasteiger partial charge in [-0.15, -0.1) is 0 Å². The van der Waals surface area contributed by atoms with E-state index < -0.39 is 11.7 Å². The molecule has 3 heterocycles. The van der Waals surface area contributed by atoms with Crippen LogP contribution in [0, 0.1) is 6.92 Å². The molecule has 0 bridgehead atoms. The average Bonchev–Trinajstić information content (AvgIpc) is 2.91. The molecule has 0 aliphatic heterocycles. The third kappa shape index (κ3) is 3.37. The summed E-state index contributed by atoms with van der Waals surface area (Å²) in [5, 5.41) is 7.76. The first-order valence-electron chi connectivity index (χ1n) is 8.07. The Morgan fingerprint density at radius 3 is 2.65 bits per heavy atom. The molecule has 136 valence electrons. The maximum Gasteiger partial charge on any atom is 0.303 e. The number of hydrogen-bond acceptors (Lipinski definition) is 5. The fourth-order valence-electron chi connectivity index (χ4n) is 2.64. The number of pyridine rings is 1. The molecule has 9 heteroatoms. The third-order valence-electron chi connectivity index (χ3n) is 3.73. The Morgan fingerprint density at radius 1 is 1.31 bits per heavy atom. The minimum Gasteiger partial charge on any atom is -0.311 e. The van der Waals surface area contributed by atoms with Gasteiger partial charge in [0, 0.05) is 31.5 Å². The largest absolute Gasteiger partial charge is 0.311 e. The number of rotatable bonds is 4. The Labute approximate surface area is 148 Å². The second-order valence-electron chi connectivity index (χ2n) is 6.04. The molecule has 0 unspecified atom stereocenters. The normalized spacial score (nSPS) is 11.8. The second kappa shape index (κ2) is 6.40. The molecule has 1 N–H and O–H groups in total. The van der Waals surface area contributed by atoms with E-state index in [1.54, 1.807) is 29.9 Å². The summed E-state index contributed by atoms with van der Waals surface area (Å²) in [6.07, 6.45) is 1.59. The van der Waals surface area contributed by atoms with E-state index in [1.165, 1.54) is 6.92 Å². The van der Waals surface area contributed by atoms with Crippen molar-refractivity contribution in [3.63, 3.8) is 0 Å². The zero-order valence-electron chi connectivity index (χ0n) is 14.8. The molecule has 0 atom stereocenters. The number of nitrogens with zero attached hydrogens (tertiary/aromatic N) is 5. The summed E-state index contributed by atoms with van der Waals surface area (Å²) in [4.78, 5) is 23.3. The molecule has 0 spiro atoms.